The topological polar surface area (TPSA) is 52.7 Å². The summed E-state index contributed by atoms with van der Waals surface area (Å²) < 4.78 is 0. The lowest BCUT2D eigenvalue weighted by Crippen LogP contribution is -2.52. The molecule has 152 valence electrons. The Hall–Kier alpha value is -2.82. The molecule has 2 heterocycles. The van der Waals surface area contributed by atoms with E-state index in [0.29, 0.717) is 6.54 Å². The van der Waals surface area contributed by atoms with Crippen LogP contribution >= 0.6 is 0 Å². The number of hydrogen-bond donors (Lipinski definition) is 1. The number of amides is 3. The van der Waals surface area contributed by atoms with Crippen LogP contribution in [0.2, 0.25) is 0 Å². The Balaban J connectivity index is 1.51. The summed E-state index contributed by atoms with van der Waals surface area (Å²) in [6.45, 7) is 2.27. The van der Waals surface area contributed by atoms with Crippen LogP contribution in [0.3, 0.4) is 0 Å². The zero-order valence-electron chi connectivity index (χ0n) is 16.8. The standard InChI is InChI=1S/C24H29N3O2/c28-23(26-16-8-3-9-17-26)21-15-10-18-27(21)24(29)25-22(19-11-4-1-5-12-19)20-13-6-2-7-14-20/h1-2,4-7,11-14,21-22H,3,8-10,15-18H2,(H,25,29). The van der Waals surface area contributed by atoms with E-state index in [9.17, 15) is 9.59 Å². The van der Waals surface area contributed by atoms with Crippen molar-refractivity contribution in [3.63, 3.8) is 0 Å². The van der Waals surface area contributed by atoms with Crippen molar-refractivity contribution in [3.05, 3.63) is 71.8 Å². The van der Waals surface area contributed by atoms with Crippen LogP contribution in [0.25, 0.3) is 0 Å². The van der Waals surface area contributed by atoms with Gasteiger partial charge in [-0.25, -0.2) is 4.79 Å². The van der Waals surface area contributed by atoms with Crippen molar-refractivity contribution in [3.8, 4) is 0 Å². The van der Waals surface area contributed by atoms with E-state index >= 15 is 0 Å². The molecule has 0 aromatic heterocycles. The molecular weight excluding hydrogens is 362 g/mol. The van der Waals surface area contributed by atoms with E-state index < -0.39 is 0 Å². The van der Waals surface area contributed by atoms with E-state index in [-0.39, 0.29) is 24.0 Å². The first-order valence-electron chi connectivity index (χ1n) is 10.7. The van der Waals surface area contributed by atoms with Crippen molar-refractivity contribution in [2.24, 2.45) is 0 Å². The zero-order valence-corrected chi connectivity index (χ0v) is 16.8. The summed E-state index contributed by atoms with van der Waals surface area (Å²) in [6.07, 6.45) is 4.95. The molecule has 2 aliphatic rings. The minimum absolute atomic E-state index is 0.119. The first-order chi connectivity index (χ1) is 14.2. The molecular formula is C24H29N3O2. The van der Waals surface area contributed by atoms with Crippen molar-refractivity contribution in [1.29, 1.82) is 0 Å². The van der Waals surface area contributed by atoms with Crippen LogP contribution in [0.1, 0.15) is 49.3 Å². The summed E-state index contributed by atoms with van der Waals surface area (Å²) in [4.78, 5) is 30.0. The summed E-state index contributed by atoms with van der Waals surface area (Å²) in [5.74, 6) is 0.119. The van der Waals surface area contributed by atoms with E-state index in [2.05, 4.69) is 5.32 Å². The summed E-state index contributed by atoms with van der Waals surface area (Å²) in [7, 11) is 0. The van der Waals surface area contributed by atoms with Crippen LogP contribution in [-0.4, -0.2) is 47.4 Å². The number of rotatable bonds is 4. The number of urea groups is 1. The number of hydrogen-bond acceptors (Lipinski definition) is 2. The van der Waals surface area contributed by atoms with Gasteiger partial charge in [0, 0.05) is 19.6 Å². The van der Waals surface area contributed by atoms with Gasteiger partial charge >= 0.3 is 6.03 Å². The van der Waals surface area contributed by atoms with Gasteiger partial charge in [0.05, 0.1) is 6.04 Å². The molecule has 1 atom stereocenters. The fourth-order valence-corrected chi connectivity index (χ4v) is 4.45. The Morgan fingerprint density at radius 3 is 1.97 bits per heavy atom. The fraction of sp³-hybridized carbons (Fsp3) is 0.417. The van der Waals surface area contributed by atoms with Crippen LogP contribution in [0.4, 0.5) is 4.79 Å². The van der Waals surface area contributed by atoms with E-state index in [1.807, 2.05) is 65.6 Å². The molecule has 0 radical (unpaired) electrons. The van der Waals surface area contributed by atoms with Crippen LogP contribution in [0.15, 0.2) is 60.7 Å². The largest absolute Gasteiger partial charge is 0.341 e. The second-order valence-corrected chi connectivity index (χ2v) is 7.94. The molecule has 4 rings (SSSR count). The number of nitrogens with zero attached hydrogens (tertiary/aromatic N) is 2. The number of likely N-dealkylation sites (tertiary alicyclic amines) is 2. The highest BCUT2D eigenvalue weighted by Crippen LogP contribution is 2.25. The highest BCUT2D eigenvalue weighted by Gasteiger charge is 2.37. The van der Waals surface area contributed by atoms with E-state index in [4.69, 9.17) is 0 Å². The van der Waals surface area contributed by atoms with Crippen molar-refractivity contribution in [1.82, 2.24) is 15.1 Å². The summed E-state index contributed by atoms with van der Waals surface area (Å²) in [5, 5.41) is 3.20. The molecule has 5 nitrogen and oxygen atoms in total. The highest BCUT2D eigenvalue weighted by molar-refractivity contribution is 5.88. The summed E-state index contributed by atoms with van der Waals surface area (Å²) in [6, 6.07) is 19.3. The van der Waals surface area contributed by atoms with E-state index in [1.54, 1.807) is 4.90 Å². The maximum Gasteiger partial charge on any atom is 0.318 e. The molecule has 0 spiro atoms. The molecule has 29 heavy (non-hydrogen) atoms. The Kier molecular flexibility index (Phi) is 6.13. The molecule has 0 bridgehead atoms. The average Bonchev–Trinajstić information content (AvgIpc) is 3.29. The second kappa shape index (κ2) is 9.12. The molecule has 2 aromatic rings. The lowest BCUT2D eigenvalue weighted by Gasteiger charge is -2.33. The van der Waals surface area contributed by atoms with Crippen LogP contribution in [-0.2, 0) is 4.79 Å². The van der Waals surface area contributed by atoms with Gasteiger partial charge in [-0.2, -0.15) is 0 Å². The van der Waals surface area contributed by atoms with Gasteiger partial charge in [0.15, 0.2) is 0 Å². The lowest BCUT2D eigenvalue weighted by molar-refractivity contribution is -0.136. The van der Waals surface area contributed by atoms with Gasteiger partial charge in [-0.05, 0) is 43.2 Å². The third-order valence-corrected chi connectivity index (χ3v) is 6.00. The molecule has 3 amide bonds. The Labute approximate surface area is 172 Å². The molecule has 2 aliphatic heterocycles. The Morgan fingerprint density at radius 2 is 1.38 bits per heavy atom. The molecule has 2 fully saturated rings. The van der Waals surface area contributed by atoms with Crippen LogP contribution < -0.4 is 5.32 Å². The SMILES string of the molecule is O=C(C1CCCN1C(=O)NC(c1ccccc1)c1ccccc1)N1CCCCC1. The minimum Gasteiger partial charge on any atom is -0.341 e. The van der Waals surface area contributed by atoms with Crippen LogP contribution in [0.5, 0.6) is 0 Å². The first kappa shape index (κ1) is 19.5. The quantitative estimate of drug-likeness (QED) is 0.858. The van der Waals surface area contributed by atoms with Crippen molar-refractivity contribution in [2.75, 3.05) is 19.6 Å². The van der Waals surface area contributed by atoms with Crippen molar-refractivity contribution >= 4 is 11.9 Å². The number of benzene rings is 2. The highest BCUT2D eigenvalue weighted by atomic mass is 16.2. The monoisotopic (exact) mass is 391 g/mol. The normalized spacial score (nSPS) is 19.4. The van der Waals surface area contributed by atoms with Gasteiger partial charge in [-0.1, -0.05) is 60.7 Å². The average molecular weight is 392 g/mol. The smallest absolute Gasteiger partial charge is 0.318 e. The number of piperidine rings is 1. The molecule has 0 saturated carbocycles. The predicted molar refractivity (Wildman–Crippen MR) is 113 cm³/mol. The third-order valence-electron chi connectivity index (χ3n) is 6.00. The summed E-state index contributed by atoms with van der Waals surface area (Å²) >= 11 is 0. The van der Waals surface area contributed by atoms with Gasteiger partial charge in [0.1, 0.15) is 6.04 Å². The van der Waals surface area contributed by atoms with E-state index in [1.165, 1.54) is 6.42 Å². The zero-order chi connectivity index (χ0) is 20.1. The fourth-order valence-electron chi connectivity index (χ4n) is 4.45. The number of carbonyl (C=O) groups is 2. The maximum absolute atomic E-state index is 13.2. The third kappa shape index (κ3) is 4.44. The van der Waals surface area contributed by atoms with Gasteiger partial charge < -0.3 is 15.1 Å². The second-order valence-electron chi connectivity index (χ2n) is 7.94. The van der Waals surface area contributed by atoms with Crippen molar-refractivity contribution in [2.45, 2.75) is 44.2 Å². The first-order valence-corrected chi connectivity index (χ1v) is 10.7. The molecule has 1 unspecified atom stereocenters. The maximum atomic E-state index is 13.2. The molecule has 0 aliphatic carbocycles. The van der Waals surface area contributed by atoms with Gasteiger partial charge in [-0.15, -0.1) is 0 Å². The van der Waals surface area contributed by atoms with Gasteiger partial charge in [0.2, 0.25) is 5.91 Å². The lowest BCUT2D eigenvalue weighted by atomic mass is 9.99. The predicted octanol–water partition coefficient (Wildman–Crippen LogP) is 3.96. The van der Waals surface area contributed by atoms with E-state index in [0.717, 1.165) is 49.9 Å². The van der Waals surface area contributed by atoms with Gasteiger partial charge in [-0.3, -0.25) is 4.79 Å². The molecule has 2 saturated heterocycles. The molecule has 2 aromatic carbocycles. The molecule has 5 heteroatoms. The molecule has 1 N–H and O–H groups in total. The summed E-state index contributed by atoms with van der Waals surface area (Å²) in [5.41, 5.74) is 2.07. The Bertz CT molecular complexity index is 779. The Morgan fingerprint density at radius 1 is 0.793 bits per heavy atom. The number of nitrogens with one attached hydrogen (secondary N) is 1. The van der Waals surface area contributed by atoms with Gasteiger partial charge in [0.25, 0.3) is 0 Å². The minimum atomic E-state index is -0.333. The van der Waals surface area contributed by atoms with Crippen LogP contribution in [0, 0.1) is 0 Å². The number of carbonyl (C=O) groups excluding carboxylic acids is 2. The van der Waals surface area contributed by atoms with Crippen molar-refractivity contribution < 1.29 is 9.59 Å².